The molecule has 2 rings (SSSR count). The first kappa shape index (κ1) is 30.0. The van der Waals surface area contributed by atoms with Crippen LogP contribution in [0.3, 0.4) is 0 Å². The highest BCUT2D eigenvalue weighted by Crippen LogP contribution is 2.36. The van der Waals surface area contributed by atoms with Gasteiger partial charge in [0.2, 0.25) is 0 Å². The summed E-state index contributed by atoms with van der Waals surface area (Å²) in [5.74, 6) is -0.0164. The van der Waals surface area contributed by atoms with Gasteiger partial charge in [-0.15, -0.1) is 11.6 Å². The molecule has 0 fully saturated rings. The first-order valence-electron chi connectivity index (χ1n) is 12.2. The normalized spacial score (nSPS) is 14.1. The Labute approximate surface area is 230 Å². The van der Waals surface area contributed by atoms with Gasteiger partial charge in [0.05, 0.1) is 6.10 Å². The predicted molar refractivity (Wildman–Crippen MR) is 160 cm³/mol. The van der Waals surface area contributed by atoms with E-state index in [0.717, 1.165) is 3.58 Å². The Morgan fingerprint density at radius 2 is 1.63 bits per heavy atom. The summed E-state index contributed by atoms with van der Waals surface area (Å²) in [7, 11) is -2.56. The van der Waals surface area contributed by atoms with Crippen molar-refractivity contribution in [2.45, 2.75) is 69.4 Å². The number of allylic oxidation sites excluding steroid dienone is 2. The molecule has 190 valence electrons. The third-order valence-electron chi connectivity index (χ3n) is 6.03. The van der Waals surface area contributed by atoms with Crippen LogP contribution in [-0.4, -0.2) is 37.3 Å². The fourth-order valence-corrected chi connectivity index (χ4v) is 10.0. The van der Waals surface area contributed by atoms with Crippen LogP contribution in [0.1, 0.15) is 52.9 Å². The van der Waals surface area contributed by atoms with Crippen molar-refractivity contribution < 1.29 is 14.3 Å². The molecular formula is C29H38ClIO3Si. The number of carbonyl (C=O) groups excluding carboxylic acids is 1. The SMILES string of the molecule is C=C(I)CC(Cl)CCC(=O)/C=C/C(O)CCCO[Si](c1ccccc1)(c1ccccc1)C(C)(C)C. The lowest BCUT2D eigenvalue weighted by Gasteiger charge is -2.43. The zero-order valence-corrected chi connectivity index (χ0v) is 25.0. The molecule has 0 radical (unpaired) electrons. The molecule has 35 heavy (non-hydrogen) atoms. The Kier molecular flexibility index (Phi) is 12.4. The van der Waals surface area contributed by atoms with Crippen LogP contribution in [0, 0.1) is 0 Å². The largest absolute Gasteiger partial charge is 0.407 e. The van der Waals surface area contributed by atoms with Crippen LogP contribution >= 0.6 is 34.2 Å². The minimum absolute atomic E-state index is 0.0164. The van der Waals surface area contributed by atoms with Crippen molar-refractivity contribution >= 4 is 58.7 Å². The number of rotatable bonds is 14. The van der Waals surface area contributed by atoms with Gasteiger partial charge in [-0.05, 0) is 73.3 Å². The molecule has 0 saturated heterocycles. The Morgan fingerprint density at radius 3 is 2.11 bits per heavy atom. The molecule has 0 aromatic heterocycles. The maximum atomic E-state index is 12.1. The molecule has 2 atom stereocenters. The number of ketones is 1. The molecule has 0 aliphatic carbocycles. The summed E-state index contributed by atoms with van der Waals surface area (Å²) in [5, 5.41) is 12.7. The van der Waals surface area contributed by atoms with Crippen LogP contribution < -0.4 is 10.4 Å². The molecule has 1 N–H and O–H groups in total. The molecule has 0 bridgehead atoms. The second-order valence-corrected chi connectivity index (χ2v) is 16.4. The minimum atomic E-state index is -2.56. The van der Waals surface area contributed by atoms with E-state index in [0.29, 0.717) is 38.7 Å². The molecule has 2 unspecified atom stereocenters. The zero-order chi connectivity index (χ0) is 25.9. The lowest BCUT2D eigenvalue weighted by atomic mass is 10.1. The second kappa shape index (κ2) is 14.5. The highest BCUT2D eigenvalue weighted by Gasteiger charge is 2.49. The summed E-state index contributed by atoms with van der Waals surface area (Å²) < 4.78 is 7.84. The Balaban J connectivity index is 1.99. The summed E-state index contributed by atoms with van der Waals surface area (Å²) >= 11 is 8.37. The van der Waals surface area contributed by atoms with Crippen molar-refractivity contribution in [2.24, 2.45) is 0 Å². The number of aliphatic hydroxyl groups is 1. The first-order chi connectivity index (χ1) is 16.6. The zero-order valence-electron chi connectivity index (χ0n) is 21.1. The van der Waals surface area contributed by atoms with E-state index < -0.39 is 14.4 Å². The van der Waals surface area contributed by atoms with Gasteiger partial charge in [0, 0.05) is 18.4 Å². The van der Waals surface area contributed by atoms with Gasteiger partial charge in [0.25, 0.3) is 8.32 Å². The smallest absolute Gasteiger partial charge is 0.261 e. The standard InChI is InChI=1S/C29H38ClIO3Si/c1-23(31)22-24(30)17-18-26(33)20-19-25(32)12-11-21-34-35(29(2,3)4,27-13-7-5-8-14-27)28-15-9-6-10-16-28/h5-10,13-16,19-20,24-25,32H,1,11-12,17-18,21-22H2,2-4H3/b20-19+. The number of aliphatic hydroxyl groups excluding tert-OH is 1. The van der Waals surface area contributed by atoms with Gasteiger partial charge >= 0.3 is 0 Å². The fourth-order valence-electron chi connectivity index (χ4n) is 4.32. The third kappa shape index (κ3) is 9.28. The molecule has 0 saturated carbocycles. The molecule has 0 aliphatic rings. The van der Waals surface area contributed by atoms with Gasteiger partial charge in [0.1, 0.15) is 0 Å². The Hall–Kier alpha value is -1.25. The van der Waals surface area contributed by atoms with Crippen LogP contribution in [0.4, 0.5) is 0 Å². The summed E-state index contributed by atoms with van der Waals surface area (Å²) in [6, 6.07) is 21.1. The van der Waals surface area contributed by atoms with E-state index in [2.05, 4.69) is 98.5 Å². The van der Waals surface area contributed by atoms with Gasteiger partial charge in [-0.3, -0.25) is 4.79 Å². The molecule has 2 aromatic rings. The molecule has 0 heterocycles. The van der Waals surface area contributed by atoms with Gasteiger partial charge < -0.3 is 9.53 Å². The molecule has 6 heteroatoms. The first-order valence-corrected chi connectivity index (χ1v) is 15.6. The van der Waals surface area contributed by atoms with Crippen molar-refractivity contribution in [1.82, 2.24) is 0 Å². The van der Waals surface area contributed by atoms with E-state index in [9.17, 15) is 9.90 Å². The van der Waals surface area contributed by atoms with Crippen molar-refractivity contribution in [1.29, 1.82) is 0 Å². The van der Waals surface area contributed by atoms with E-state index in [1.54, 1.807) is 6.08 Å². The molecule has 2 aromatic carbocycles. The average molecular weight is 625 g/mol. The van der Waals surface area contributed by atoms with Gasteiger partial charge in [0.15, 0.2) is 5.78 Å². The van der Waals surface area contributed by atoms with Crippen molar-refractivity contribution in [3.05, 3.63) is 83.0 Å². The van der Waals surface area contributed by atoms with Crippen LogP contribution in [0.2, 0.25) is 5.04 Å². The summed E-state index contributed by atoms with van der Waals surface area (Å²) in [6.45, 7) is 11.1. The summed E-state index contributed by atoms with van der Waals surface area (Å²) in [6.07, 6.45) is 5.31. The van der Waals surface area contributed by atoms with Crippen molar-refractivity contribution in [3.8, 4) is 0 Å². The summed E-state index contributed by atoms with van der Waals surface area (Å²) in [5.41, 5.74) is 0. The van der Waals surface area contributed by atoms with E-state index in [-0.39, 0.29) is 16.2 Å². The van der Waals surface area contributed by atoms with Crippen LogP contribution in [-0.2, 0) is 9.22 Å². The number of halogens is 2. The molecule has 3 nitrogen and oxygen atoms in total. The molecule has 0 aliphatic heterocycles. The van der Waals surface area contributed by atoms with E-state index in [1.165, 1.54) is 16.4 Å². The van der Waals surface area contributed by atoms with Crippen molar-refractivity contribution in [3.63, 3.8) is 0 Å². The number of hydrogen-bond acceptors (Lipinski definition) is 3. The number of benzene rings is 2. The molecule has 0 amide bonds. The lowest BCUT2D eigenvalue weighted by Crippen LogP contribution is -2.66. The van der Waals surface area contributed by atoms with Crippen molar-refractivity contribution in [2.75, 3.05) is 6.61 Å². The molecule has 0 spiro atoms. The van der Waals surface area contributed by atoms with Crippen LogP contribution in [0.15, 0.2) is 83.0 Å². The second-order valence-electron chi connectivity index (χ2n) is 9.90. The number of hydrogen-bond donors (Lipinski definition) is 1. The number of carbonyl (C=O) groups is 1. The minimum Gasteiger partial charge on any atom is -0.407 e. The fraction of sp³-hybridized carbons (Fsp3) is 0.414. The van der Waals surface area contributed by atoms with E-state index >= 15 is 0 Å². The maximum Gasteiger partial charge on any atom is 0.261 e. The van der Waals surface area contributed by atoms with E-state index in [4.69, 9.17) is 16.0 Å². The lowest BCUT2D eigenvalue weighted by molar-refractivity contribution is -0.114. The van der Waals surface area contributed by atoms with Crippen LogP contribution in [0.5, 0.6) is 0 Å². The van der Waals surface area contributed by atoms with Gasteiger partial charge in [-0.2, -0.15) is 0 Å². The Bertz CT molecular complexity index is 917. The number of alkyl halides is 1. The van der Waals surface area contributed by atoms with Gasteiger partial charge in [-0.25, -0.2) is 0 Å². The van der Waals surface area contributed by atoms with E-state index in [1.807, 2.05) is 12.1 Å². The van der Waals surface area contributed by atoms with Gasteiger partial charge in [-0.1, -0.05) is 94.1 Å². The highest BCUT2D eigenvalue weighted by atomic mass is 127. The topological polar surface area (TPSA) is 46.5 Å². The quantitative estimate of drug-likeness (QED) is 0.0852. The Morgan fingerprint density at radius 1 is 1.09 bits per heavy atom. The monoisotopic (exact) mass is 624 g/mol. The van der Waals surface area contributed by atoms with Crippen LogP contribution in [0.25, 0.3) is 0 Å². The summed E-state index contributed by atoms with van der Waals surface area (Å²) in [4.78, 5) is 12.1. The highest BCUT2D eigenvalue weighted by molar-refractivity contribution is 14.1. The predicted octanol–water partition coefficient (Wildman–Crippen LogP) is 6.56. The third-order valence-corrected chi connectivity index (χ3v) is 11.9. The maximum absolute atomic E-state index is 12.1. The molecular weight excluding hydrogens is 587 g/mol. The average Bonchev–Trinajstić information content (AvgIpc) is 2.81.